The molecule has 5 nitrogen and oxygen atoms in total. The van der Waals surface area contributed by atoms with E-state index in [1.807, 2.05) is 0 Å². The number of alkyl halides is 3. The van der Waals surface area contributed by atoms with Crippen LogP contribution in [0, 0.1) is 13.8 Å². The highest BCUT2D eigenvalue weighted by molar-refractivity contribution is 7.89. The summed E-state index contributed by atoms with van der Waals surface area (Å²) in [4.78, 5) is 0.0128. The Balaban J connectivity index is 2.21. The lowest BCUT2D eigenvalue weighted by atomic mass is 10.0. The molecule has 1 heterocycles. The summed E-state index contributed by atoms with van der Waals surface area (Å²) >= 11 is 0. The van der Waals surface area contributed by atoms with Crippen LogP contribution in [0.25, 0.3) is 16.9 Å². The number of hydrogen-bond donors (Lipinski definition) is 1. The number of aryl methyl sites for hydroxylation is 3. The summed E-state index contributed by atoms with van der Waals surface area (Å²) in [6.45, 7) is 4.64. The van der Waals surface area contributed by atoms with E-state index in [2.05, 4.69) is 9.82 Å². The van der Waals surface area contributed by atoms with E-state index in [4.69, 9.17) is 2.74 Å². The maximum atomic E-state index is 13.4. The number of nitrogens with zero attached hydrogens (tertiary/aromatic N) is 2. The van der Waals surface area contributed by atoms with E-state index >= 15 is 0 Å². The number of sulfonamides is 1. The van der Waals surface area contributed by atoms with Crippen molar-refractivity contribution in [3.05, 3.63) is 64.8 Å². The number of benzene rings is 2. The molecule has 0 saturated carbocycles. The van der Waals surface area contributed by atoms with Crippen LogP contribution in [0.3, 0.4) is 0 Å². The van der Waals surface area contributed by atoms with Crippen LogP contribution in [0.4, 0.5) is 13.2 Å². The molecule has 0 radical (unpaired) electrons. The Morgan fingerprint density at radius 1 is 1.10 bits per heavy atom. The molecule has 0 saturated heterocycles. The Morgan fingerprint density at radius 3 is 2.33 bits per heavy atom. The Hall–Kier alpha value is -2.65. The fraction of sp³-hybridized carbons (Fsp3) is 0.286. The van der Waals surface area contributed by atoms with Crippen molar-refractivity contribution in [1.29, 1.82) is 0 Å². The summed E-state index contributed by atoms with van der Waals surface area (Å²) in [6, 6.07) is 9.77. The van der Waals surface area contributed by atoms with Crippen LogP contribution in [0.2, 0.25) is 0 Å². The second kappa shape index (κ2) is 7.88. The molecule has 0 aliphatic heterocycles. The topological polar surface area (TPSA) is 64.0 Å². The number of halogens is 3. The highest BCUT2D eigenvalue weighted by atomic mass is 32.2. The van der Waals surface area contributed by atoms with Gasteiger partial charge >= 0.3 is 6.18 Å². The monoisotopic (exact) mass is 439 g/mol. The third-order valence-corrected chi connectivity index (χ3v) is 6.33. The second-order valence-electron chi connectivity index (χ2n) is 6.76. The van der Waals surface area contributed by atoms with Gasteiger partial charge in [-0.2, -0.15) is 18.3 Å². The average Bonchev–Trinajstić information content (AvgIpc) is 3.12. The van der Waals surface area contributed by atoms with Crippen molar-refractivity contribution in [3.8, 4) is 16.9 Å². The first-order valence-corrected chi connectivity index (χ1v) is 10.5. The molecule has 0 aliphatic rings. The Morgan fingerprint density at radius 2 is 1.80 bits per heavy atom. The first-order chi connectivity index (χ1) is 14.6. The zero-order chi connectivity index (χ0) is 24.1. The molecule has 0 amide bonds. The maximum Gasteiger partial charge on any atom is 0.435 e. The van der Waals surface area contributed by atoms with Gasteiger partial charge in [0.1, 0.15) is 0 Å². The lowest BCUT2D eigenvalue weighted by molar-refractivity contribution is -0.141. The largest absolute Gasteiger partial charge is 0.435 e. The summed E-state index contributed by atoms with van der Waals surface area (Å²) in [5.41, 5.74) is 1.09. The normalized spacial score (nSPS) is 13.8. The molecule has 9 heteroatoms. The van der Waals surface area contributed by atoms with Crippen molar-refractivity contribution >= 4 is 10.0 Å². The molecule has 0 unspecified atom stereocenters. The zero-order valence-corrected chi connectivity index (χ0v) is 17.6. The predicted octanol–water partition coefficient (Wildman–Crippen LogP) is 4.65. The molecular formula is C21H22F3N3O2S. The van der Waals surface area contributed by atoms with Gasteiger partial charge in [0, 0.05) is 8.30 Å². The standard InChI is InChI=1S/C21H22F3N3O2S/c1-5-15-6-7-16(10-13(15)2)18-12-20(21(22,23)24)26-27(18)17-8-9-19(14(3)11-17)30(28,29)25-4/h6-12,25H,5H2,1-4H3/i5D2. The van der Waals surface area contributed by atoms with Crippen LogP contribution >= 0.6 is 0 Å². The van der Waals surface area contributed by atoms with E-state index in [0.29, 0.717) is 22.3 Å². The van der Waals surface area contributed by atoms with Crippen molar-refractivity contribution in [3.63, 3.8) is 0 Å². The average molecular weight is 439 g/mol. The minimum atomic E-state index is -4.68. The second-order valence-corrected chi connectivity index (χ2v) is 8.62. The highest BCUT2D eigenvalue weighted by Crippen LogP contribution is 2.34. The molecule has 0 aliphatic carbocycles. The molecule has 30 heavy (non-hydrogen) atoms. The van der Waals surface area contributed by atoms with Gasteiger partial charge < -0.3 is 0 Å². The SMILES string of the molecule is [2H]C([2H])(C)c1ccc(-c2cc(C(F)(F)F)nn2-c2ccc(S(=O)(=O)NC)c(C)c2)cc1C. The van der Waals surface area contributed by atoms with Crippen molar-refractivity contribution < 1.29 is 24.3 Å². The number of nitrogens with one attached hydrogen (secondary N) is 1. The van der Waals surface area contributed by atoms with Gasteiger partial charge in [-0.1, -0.05) is 19.1 Å². The van der Waals surface area contributed by atoms with E-state index < -0.39 is 28.3 Å². The Labute approximate surface area is 176 Å². The van der Waals surface area contributed by atoms with Gasteiger partial charge in [-0.05, 0) is 74.3 Å². The fourth-order valence-corrected chi connectivity index (χ4v) is 4.15. The van der Waals surface area contributed by atoms with Crippen LogP contribution in [0.1, 0.15) is 32.0 Å². The maximum absolute atomic E-state index is 13.4. The third kappa shape index (κ3) is 4.13. The molecule has 0 atom stereocenters. The zero-order valence-electron chi connectivity index (χ0n) is 18.8. The van der Waals surface area contributed by atoms with Gasteiger partial charge in [-0.15, -0.1) is 0 Å². The van der Waals surface area contributed by atoms with E-state index in [9.17, 15) is 21.6 Å². The smallest absolute Gasteiger partial charge is 0.232 e. The number of rotatable bonds is 5. The molecule has 2 aromatic carbocycles. The lowest BCUT2D eigenvalue weighted by Crippen LogP contribution is -2.19. The van der Waals surface area contributed by atoms with Gasteiger partial charge in [0.25, 0.3) is 0 Å². The minimum Gasteiger partial charge on any atom is -0.232 e. The summed E-state index contributed by atoms with van der Waals surface area (Å²) in [6.07, 6.45) is -6.29. The molecule has 1 aromatic heterocycles. The fourth-order valence-electron chi connectivity index (χ4n) is 3.20. The summed E-state index contributed by atoms with van der Waals surface area (Å²) < 4.78 is 83.7. The first-order valence-electron chi connectivity index (χ1n) is 9.98. The molecule has 0 spiro atoms. The van der Waals surface area contributed by atoms with Gasteiger partial charge in [-0.3, -0.25) is 0 Å². The Bertz CT molecular complexity index is 1280. The minimum absolute atomic E-state index is 0.0128. The van der Waals surface area contributed by atoms with E-state index in [1.54, 1.807) is 32.0 Å². The summed E-state index contributed by atoms with van der Waals surface area (Å²) in [5.74, 6) is 0. The van der Waals surface area contributed by atoms with Crippen LogP contribution in [0.5, 0.6) is 0 Å². The molecule has 0 bridgehead atoms. The van der Waals surface area contributed by atoms with Crippen LogP contribution in [-0.2, 0) is 22.6 Å². The van der Waals surface area contributed by atoms with Crippen LogP contribution < -0.4 is 4.72 Å². The molecule has 3 rings (SSSR count). The third-order valence-electron chi connectivity index (χ3n) is 4.75. The van der Waals surface area contributed by atoms with Gasteiger partial charge in [0.15, 0.2) is 5.69 Å². The Kier molecular flexibility index (Phi) is 5.08. The summed E-state index contributed by atoms with van der Waals surface area (Å²) in [5, 5.41) is 3.73. The molecule has 0 fully saturated rings. The van der Waals surface area contributed by atoms with Gasteiger partial charge in [-0.25, -0.2) is 17.8 Å². The van der Waals surface area contributed by atoms with E-state index in [1.165, 1.54) is 32.2 Å². The van der Waals surface area contributed by atoms with Crippen molar-refractivity contribution in [2.75, 3.05) is 7.05 Å². The number of aromatic nitrogens is 2. The number of hydrogen-bond acceptors (Lipinski definition) is 3. The molecular weight excluding hydrogens is 415 g/mol. The lowest BCUT2D eigenvalue weighted by Gasteiger charge is -2.12. The van der Waals surface area contributed by atoms with Gasteiger partial charge in [0.2, 0.25) is 10.0 Å². The van der Waals surface area contributed by atoms with Crippen LogP contribution in [0.15, 0.2) is 47.4 Å². The molecule has 3 aromatic rings. The van der Waals surface area contributed by atoms with Gasteiger partial charge in [0.05, 0.1) is 16.3 Å². The highest BCUT2D eigenvalue weighted by Gasteiger charge is 2.35. The first kappa shape index (κ1) is 19.3. The van der Waals surface area contributed by atoms with Crippen molar-refractivity contribution in [1.82, 2.24) is 14.5 Å². The summed E-state index contributed by atoms with van der Waals surface area (Å²) in [7, 11) is -2.46. The quantitative estimate of drug-likeness (QED) is 0.630. The van der Waals surface area contributed by atoms with Crippen molar-refractivity contribution in [2.24, 2.45) is 0 Å². The van der Waals surface area contributed by atoms with Crippen LogP contribution in [-0.4, -0.2) is 25.2 Å². The van der Waals surface area contributed by atoms with E-state index in [-0.39, 0.29) is 16.3 Å². The van der Waals surface area contributed by atoms with Crippen molar-refractivity contribution in [2.45, 2.75) is 38.2 Å². The molecule has 160 valence electrons. The predicted molar refractivity (Wildman–Crippen MR) is 109 cm³/mol. The van der Waals surface area contributed by atoms with E-state index in [0.717, 1.165) is 10.7 Å². The molecule has 1 N–H and O–H groups in total.